The van der Waals surface area contributed by atoms with Crippen molar-refractivity contribution in [2.24, 2.45) is 0 Å². The van der Waals surface area contributed by atoms with E-state index in [0.717, 1.165) is 11.0 Å². The van der Waals surface area contributed by atoms with Gasteiger partial charge < -0.3 is 9.42 Å². The fourth-order valence-electron chi connectivity index (χ4n) is 2.69. The van der Waals surface area contributed by atoms with Gasteiger partial charge in [-0.25, -0.2) is 0 Å². The number of aromatic nitrogens is 2. The summed E-state index contributed by atoms with van der Waals surface area (Å²) in [6.45, 7) is -0.237. The molecule has 1 heterocycles. The molecule has 0 fully saturated rings. The Kier molecular flexibility index (Phi) is 5.62. The molecule has 0 bridgehead atoms. The molecule has 0 saturated carbocycles. The van der Waals surface area contributed by atoms with E-state index in [4.69, 9.17) is 0 Å². The van der Waals surface area contributed by atoms with Crippen molar-refractivity contribution in [3.8, 4) is 11.4 Å². The Bertz CT molecular complexity index is 1000. The van der Waals surface area contributed by atoms with E-state index in [1.165, 1.54) is 49.5 Å². The predicted octanol–water partition coefficient (Wildman–Crippen LogP) is 4.97. The van der Waals surface area contributed by atoms with Crippen molar-refractivity contribution < 1.29 is 31.3 Å². The second-order valence-corrected chi connectivity index (χ2v) is 6.15. The van der Waals surface area contributed by atoms with Crippen LogP contribution < -0.4 is 0 Å². The lowest BCUT2D eigenvalue weighted by molar-refractivity contribution is -0.138. The van der Waals surface area contributed by atoms with Crippen LogP contribution in [0.15, 0.2) is 53.1 Å². The van der Waals surface area contributed by atoms with Gasteiger partial charge in [-0.15, -0.1) is 0 Å². The van der Waals surface area contributed by atoms with Crippen LogP contribution in [0.4, 0.5) is 22.0 Å². The second-order valence-electron chi connectivity index (χ2n) is 6.15. The number of amides is 1. The van der Waals surface area contributed by atoms with Crippen LogP contribution in [-0.2, 0) is 12.7 Å². The minimum absolute atomic E-state index is 0.0289. The number of hydrogen-bond donors (Lipinski definition) is 0. The van der Waals surface area contributed by atoms with Gasteiger partial charge in [0.05, 0.1) is 5.56 Å². The van der Waals surface area contributed by atoms with Gasteiger partial charge in [0.1, 0.15) is 0 Å². The molecular formula is C19H14F5N3O2. The Balaban J connectivity index is 1.75. The molecule has 0 aliphatic rings. The minimum atomic E-state index is -4.52. The molecule has 0 saturated heterocycles. The summed E-state index contributed by atoms with van der Waals surface area (Å²) in [7, 11) is 1.39. The third kappa shape index (κ3) is 4.58. The summed E-state index contributed by atoms with van der Waals surface area (Å²) < 4.78 is 68.8. The van der Waals surface area contributed by atoms with Crippen LogP contribution in [0.5, 0.6) is 0 Å². The maximum absolute atomic E-state index is 13.1. The Labute approximate surface area is 161 Å². The number of benzene rings is 2. The van der Waals surface area contributed by atoms with Crippen molar-refractivity contribution >= 4 is 5.91 Å². The average Bonchev–Trinajstić information content (AvgIpc) is 3.17. The molecule has 0 spiro atoms. The van der Waals surface area contributed by atoms with Crippen LogP contribution in [-0.4, -0.2) is 28.0 Å². The number of rotatable bonds is 5. The molecule has 0 aliphatic heterocycles. The number of alkyl halides is 5. The Hall–Kier alpha value is -3.30. The van der Waals surface area contributed by atoms with E-state index in [0.29, 0.717) is 5.56 Å². The topological polar surface area (TPSA) is 59.2 Å². The van der Waals surface area contributed by atoms with E-state index in [2.05, 4.69) is 14.7 Å². The van der Waals surface area contributed by atoms with Gasteiger partial charge in [0, 0.05) is 24.7 Å². The third-order valence-electron chi connectivity index (χ3n) is 4.10. The van der Waals surface area contributed by atoms with Gasteiger partial charge in [0.2, 0.25) is 5.82 Å². The highest BCUT2D eigenvalue weighted by atomic mass is 19.4. The normalized spacial score (nSPS) is 11.7. The van der Waals surface area contributed by atoms with E-state index < -0.39 is 30.0 Å². The fourth-order valence-corrected chi connectivity index (χ4v) is 2.69. The van der Waals surface area contributed by atoms with Crippen LogP contribution in [0.25, 0.3) is 11.4 Å². The third-order valence-corrected chi connectivity index (χ3v) is 4.10. The van der Waals surface area contributed by atoms with Crippen molar-refractivity contribution in [1.82, 2.24) is 15.0 Å². The van der Waals surface area contributed by atoms with E-state index in [-0.39, 0.29) is 23.5 Å². The smallest absolute Gasteiger partial charge is 0.337 e. The van der Waals surface area contributed by atoms with Crippen molar-refractivity contribution in [3.05, 3.63) is 71.1 Å². The van der Waals surface area contributed by atoms with Crippen LogP contribution in [0.1, 0.15) is 33.8 Å². The quantitative estimate of drug-likeness (QED) is 0.557. The summed E-state index contributed by atoms with van der Waals surface area (Å²) in [4.78, 5) is 17.3. The maximum atomic E-state index is 13.1. The first-order valence-corrected chi connectivity index (χ1v) is 8.29. The summed E-state index contributed by atoms with van der Waals surface area (Å²) >= 11 is 0. The molecule has 10 heteroatoms. The zero-order chi connectivity index (χ0) is 21.2. The van der Waals surface area contributed by atoms with Crippen molar-refractivity contribution in [2.45, 2.75) is 19.1 Å². The highest BCUT2D eigenvalue weighted by molar-refractivity contribution is 5.94. The lowest BCUT2D eigenvalue weighted by Crippen LogP contribution is -2.27. The summed E-state index contributed by atoms with van der Waals surface area (Å²) in [5.74, 6) is -1.38. The Morgan fingerprint density at radius 1 is 1.10 bits per heavy atom. The van der Waals surface area contributed by atoms with Crippen LogP contribution in [0.3, 0.4) is 0 Å². The number of halogens is 5. The average molecular weight is 411 g/mol. The van der Waals surface area contributed by atoms with E-state index in [1.54, 1.807) is 0 Å². The number of carbonyl (C=O) groups excluding carboxylic acids is 1. The van der Waals surface area contributed by atoms with Gasteiger partial charge in [0.15, 0.2) is 0 Å². The SMILES string of the molecule is CN(Cc1ccccc1C(F)(F)F)C(=O)c1ccc(-c2noc(C(F)F)n2)cc1. The zero-order valence-electron chi connectivity index (χ0n) is 15.0. The molecule has 1 amide bonds. The maximum Gasteiger partial charge on any atom is 0.416 e. The molecule has 3 rings (SSSR count). The monoisotopic (exact) mass is 411 g/mol. The molecule has 0 radical (unpaired) electrons. The first kappa shape index (κ1) is 20.4. The minimum Gasteiger partial charge on any atom is -0.337 e. The predicted molar refractivity (Wildman–Crippen MR) is 91.9 cm³/mol. The van der Waals surface area contributed by atoms with Gasteiger partial charge in [-0.1, -0.05) is 35.5 Å². The van der Waals surface area contributed by atoms with Gasteiger partial charge >= 0.3 is 12.6 Å². The zero-order valence-corrected chi connectivity index (χ0v) is 15.0. The molecular weight excluding hydrogens is 397 g/mol. The first-order valence-electron chi connectivity index (χ1n) is 8.29. The van der Waals surface area contributed by atoms with Crippen LogP contribution >= 0.6 is 0 Å². The highest BCUT2D eigenvalue weighted by Gasteiger charge is 2.33. The molecule has 29 heavy (non-hydrogen) atoms. The van der Waals surface area contributed by atoms with E-state index >= 15 is 0 Å². The molecule has 152 valence electrons. The second kappa shape index (κ2) is 7.98. The molecule has 2 aromatic carbocycles. The Morgan fingerprint density at radius 3 is 2.34 bits per heavy atom. The molecule has 0 aliphatic carbocycles. The Morgan fingerprint density at radius 2 is 1.76 bits per heavy atom. The van der Waals surface area contributed by atoms with Gasteiger partial charge in [-0.2, -0.15) is 26.9 Å². The van der Waals surface area contributed by atoms with Gasteiger partial charge in [-0.05, 0) is 23.8 Å². The molecule has 0 atom stereocenters. The number of carbonyl (C=O) groups is 1. The van der Waals surface area contributed by atoms with Gasteiger partial charge in [-0.3, -0.25) is 4.79 Å². The largest absolute Gasteiger partial charge is 0.416 e. The molecule has 5 nitrogen and oxygen atoms in total. The number of hydrogen-bond acceptors (Lipinski definition) is 4. The standard InChI is InChI=1S/C19H14F5N3O2/c1-27(10-13-4-2-3-5-14(13)19(22,23)24)18(28)12-8-6-11(7-9-12)16-25-17(15(20)21)29-26-16/h2-9,15H,10H2,1H3. The summed E-state index contributed by atoms with van der Waals surface area (Å²) in [5.41, 5.74) is -0.277. The summed E-state index contributed by atoms with van der Waals surface area (Å²) in [5, 5.41) is 3.44. The van der Waals surface area contributed by atoms with E-state index in [9.17, 15) is 26.7 Å². The van der Waals surface area contributed by atoms with E-state index in [1.807, 2.05) is 0 Å². The van der Waals surface area contributed by atoms with Crippen LogP contribution in [0, 0.1) is 0 Å². The summed E-state index contributed by atoms with van der Waals surface area (Å²) in [6, 6.07) is 10.7. The van der Waals surface area contributed by atoms with Crippen LogP contribution in [0.2, 0.25) is 0 Å². The molecule has 3 aromatic rings. The van der Waals surface area contributed by atoms with Crippen molar-refractivity contribution in [1.29, 1.82) is 0 Å². The molecule has 1 aromatic heterocycles. The molecule has 0 N–H and O–H groups in total. The number of nitrogens with zero attached hydrogens (tertiary/aromatic N) is 3. The first-order chi connectivity index (χ1) is 13.7. The van der Waals surface area contributed by atoms with Gasteiger partial charge in [0.25, 0.3) is 11.8 Å². The van der Waals surface area contributed by atoms with Crippen molar-refractivity contribution in [2.75, 3.05) is 7.05 Å². The molecule has 0 unspecified atom stereocenters. The lowest BCUT2D eigenvalue weighted by atomic mass is 10.1. The highest BCUT2D eigenvalue weighted by Crippen LogP contribution is 2.32. The summed E-state index contributed by atoms with van der Waals surface area (Å²) in [6.07, 6.45) is -7.42. The lowest BCUT2D eigenvalue weighted by Gasteiger charge is -2.20. The fraction of sp³-hybridized carbons (Fsp3) is 0.211. The van der Waals surface area contributed by atoms with Crippen molar-refractivity contribution in [3.63, 3.8) is 0 Å².